The highest BCUT2D eigenvalue weighted by Gasteiger charge is 2.16. The number of nitrogens with zero attached hydrogens (tertiary/aromatic N) is 2. The molecule has 3 aromatic rings. The number of benzene rings is 1. The Morgan fingerprint density at radius 2 is 2.29 bits per heavy atom. The van der Waals surface area contributed by atoms with Gasteiger partial charge in [-0.15, -0.1) is 11.6 Å². The van der Waals surface area contributed by atoms with Gasteiger partial charge in [0.1, 0.15) is 11.6 Å². The van der Waals surface area contributed by atoms with Crippen LogP contribution in [0.5, 0.6) is 0 Å². The molecule has 0 radical (unpaired) electrons. The standard InChI is InChI=1S/C15H13BrClFN2S/c1-9(17)15-19-13-6-11(16)12(18)7-14(13)20(15)4-2-10-3-5-21-8-10/h3,5-9H,2,4H2,1H3. The summed E-state index contributed by atoms with van der Waals surface area (Å²) in [6.07, 6.45) is 0.878. The highest BCUT2D eigenvalue weighted by Crippen LogP contribution is 2.28. The Kier molecular flexibility index (Phi) is 4.33. The number of hydrogen-bond donors (Lipinski definition) is 0. The fourth-order valence-corrected chi connectivity index (χ4v) is 3.55. The third kappa shape index (κ3) is 3.00. The first-order valence-electron chi connectivity index (χ1n) is 6.56. The molecule has 2 heterocycles. The highest BCUT2D eigenvalue weighted by molar-refractivity contribution is 9.10. The van der Waals surface area contributed by atoms with E-state index in [0.29, 0.717) is 4.47 Å². The number of thiophene rings is 1. The predicted octanol–water partition coefficient (Wildman–Crippen LogP) is 5.54. The van der Waals surface area contributed by atoms with Crippen LogP contribution in [-0.4, -0.2) is 9.55 Å². The Hall–Kier alpha value is -0.910. The molecule has 0 spiro atoms. The maximum Gasteiger partial charge on any atom is 0.139 e. The summed E-state index contributed by atoms with van der Waals surface area (Å²) in [6.45, 7) is 2.62. The molecule has 0 fully saturated rings. The maximum atomic E-state index is 13.8. The van der Waals surface area contributed by atoms with Gasteiger partial charge in [-0.2, -0.15) is 11.3 Å². The third-order valence-electron chi connectivity index (χ3n) is 3.38. The van der Waals surface area contributed by atoms with Crippen LogP contribution in [0.1, 0.15) is 23.7 Å². The molecule has 3 rings (SSSR count). The minimum atomic E-state index is -0.284. The third-order valence-corrected chi connectivity index (χ3v) is 4.91. The van der Waals surface area contributed by atoms with Crippen molar-refractivity contribution in [2.45, 2.75) is 25.3 Å². The number of imidazole rings is 1. The second-order valence-corrected chi connectivity index (χ2v) is 7.16. The zero-order valence-electron chi connectivity index (χ0n) is 11.3. The molecule has 0 aliphatic rings. The Bertz CT molecular complexity index is 768. The zero-order chi connectivity index (χ0) is 15.0. The summed E-state index contributed by atoms with van der Waals surface area (Å²) < 4.78 is 16.3. The van der Waals surface area contributed by atoms with Gasteiger partial charge in [-0.25, -0.2) is 9.37 Å². The summed E-state index contributed by atoms with van der Waals surface area (Å²) in [5, 5.41) is 3.96. The van der Waals surface area contributed by atoms with E-state index in [1.54, 1.807) is 17.4 Å². The number of alkyl halides is 1. The van der Waals surface area contributed by atoms with Crippen LogP contribution < -0.4 is 0 Å². The molecule has 0 aliphatic carbocycles. The van der Waals surface area contributed by atoms with Crippen LogP contribution in [0.25, 0.3) is 11.0 Å². The molecule has 0 N–H and O–H groups in total. The van der Waals surface area contributed by atoms with Gasteiger partial charge in [-0.1, -0.05) is 0 Å². The van der Waals surface area contributed by atoms with E-state index in [9.17, 15) is 4.39 Å². The average molecular weight is 388 g/mol. The molecule has 0 saturated carbocycles. The normalized spacial score (nSPS) is 13.0. The van der Waals surface area contributed by atoms with E-state index in [1.165, 1.54) is 11.6 Å². The van der Waals surface area contributed by atoms with Crippen molar-refractivity contribution >= 4 is 49.9 Å². The van der Waals surface area contributed by atoms with Crippen molar-refractivity contribution in [3.05, 3.63) is 50.6 Å². The van der Waals surface area contributed by atoms with Crippen molar-refractivity contribution in [1.82, 2.24) is 9.55 Å². The molecule has 1 atom stereocenters. The molecule has 1 aromatic carbocycles. The number of aromatic nitrogens is 2. The molecule has 21 heavy (non-hydrogen) atoms. The van der Waals surface area contributed by atoms with E-state index < -0.39 is 0 Å². The molecule has 2 nitrogen and oxygen atoms in total. The highest BCUT2D eigenvalue weighted by atomic mass is 79.9. The van der Waals surface area contributed by atoms with Gasteiger partial charge in [0.25, 0.3) is 0 Å². The van der Waals surface area contributed by atoms with Gasteiger partial charge in [-0.3, -0.25) is 0 Å². The Morgan fingerprint density at radius 1 is 1.48 bits per heavy atom. The quantitative estimate of drug-likeness (QED) is 0.537. The van der Waals surface area contributed by atoms with Gasteiger partial charge in [0.05, 0.1) is 20.9 Å². The summed E-state index contributed by atoms with van der Waals surface area (Å²) in [4.78, 5) is 4.55. The fraction of sp³-hybridized carbons (Fsp3) is 0.267. The number of rotatable bonds is 4. The summed E-state index contributed by atoms with van der Waals surface area (Å²) in [7, 11) is 0. The molecular formula is C15H13BrClFN2S. The van der Waals surface area contributed by atoms with Gasteiger partial charge in [0, 0.05) is 12.6 Å². The maximum absolute atomic E-state index is 13.8. The largest absolute Gasteiger partial charge is 0.326 e. The first kappa shape index (κ1) is 15.0. The Labute approximate surface area is 139 Å². The second-order valence-electron chi connectivity index (χ2n) is 4.87. The van der Waals surface area contributed by atoms with E-state index in [4.69, 9.17) is 11.6 Å². The fourth-order valence-electron chi connectivity index (χ4n) is 2.35. The van der Waals surface area contributed by atoms with Crippen LogP contribution in [0.4, 0.5) is 4.39 Å². The minimum Gasteiger partial charge on any atom is -0.326 e. The van der Waals surface area contributed by atoms with Crippen LogP contribution in [0.2, 0.25) is 0 Å². The van der Waals surface area contributed by atoms with E-state index in [1.807, 2.05) is 11.5 Å². The van der Waals surface area contributed by atoms with Gasteiger partial charge in [0.15, 0.2) is 0 Å². The van der Waals surface area contributed by atoms with E-state index in [2.05, 4.69) is 37.7 Å². The van der Waals surface area contributed by atoms with Crippen LogP contribution >= 0.6 is 38.9 Å². The molecule has 0 aliphatic heterocycles. The SMILES string of the molecule is CC(Cl)c1nc2cc(Br)c(F)cc2n1CCc1ccsc1. The lowest BCUT2D eigenvalue weighted by atomic mass is 10.2. The summed E-state index contributed by atoms with van der Waals surface area (Å²) in [5.74, 6) is 0.493. The summed E-state index contributed by atoms with van der Waals surface area (Å²) in [6, 6.07) is 5.32. The summed E-state index contributed by atoms with van der Waals surface area (Å²) >= 11 is 11.1. The molecule has 6 heteroatoms. The topological polar surface area (TPSA) is 17.8 Å². The number of aryl methyl sites for hydroxylation is 2. The number of hydrogen-bond acceptors (Lipinski definition) is 2. The van der Waals surface area contributed by atoms with E-state index in [-0.39, 0.29) is 11.2 Å². The van der Waals surface area contributed by atoms with Crippen molar-refractivity contribution in [2.75, 3.05) is 0 Å². The molecule has 0 saturated heterocycles. The van der Waals surface area contributed by atoms with E-state index in [0.717, 1.165) is 29.8 Å². The molecule has 0 amide bonds. The van der Waals surface area contributed by atoms with Crippen LogP contribution in [-0.2, 0) is 13.0 Å². The predicted molar refractivity (Wildman–Crippen MR) is 89.7 cm³/mol. The number of halogens is 3. The molecule has 2 aromatic heterocycles. The van der Waals surface area contributed by atoms with Crippen LogP contribution in [0.15, 0.2) is 33.4 Å². The summed E-state index contributed by atoms with van der Waals surface area (Å²) in [5.41, 5.74) is 2.82. The molecule has 110 valence electrons. The van der Waals surface area contributed by atoms with Crippen molar-refractivity contribution in [1.29, 1.82) is 0 Å². The van der Waals surface area contributed by atoms with Crippen molar-refractivity contribution < 1.29 is 4.39 Å². The molecule has 0 bridgehead atoms. The molecular weight excluding hydrogens is 375 g/mol. The first-order chi connectivity index (χ1) is 10.1. The number of fused-ring (bicyclic) bond motifs is 1. The van der Waals surface area contributed by atoms with Crippen LogP contribution in [0, 0.1) is 5.82 Å². The van der Waals surface area contributed by atoms with E-state index >= 15 is 0 Å². The van der Waals surface area contributed by atoms with Crippen molar-refractivity contribution in [3.63, 3.8) is 0 Å². The Morgan fingerprint density at radius 3 is 2.95 bits per heavy atom. The van der Waals surface area contributed by atoms with Crippen molar-refractivity contribution in [3.8, 4) is 0 Å². The minimum absolute atomic E-state index is 0.221. The van der Waals surface area contributed by atoms with Crippen molar-refractivity contribution in [2.24, 2.45) is 0 Å². The zero-order valence-corrected chi connectivity index (χ0v) is 14.5. The lowest BCUT2D eigenvalue weighted by Gasteiger charge is -2.10. The van der Waals surface area contributed by atoms with Gasteiger partial charge in [-0.05, 0) is 57.7 Å². The second kappa shape index (κ2) is 6.07. The smallest absolute Gasteiger partial charge is 0.139 e. The van der Waals surface area contributed by atoms with Gasteiger partial charge >= 0.3 is 0 Å². The lowest BCUT2D eigenvalue weighted by Crippen LogP contribution is -2.06. The first-order valence-corrected chi connectivity index (χ1v) is 8.74. The van der Waals surface area contributed by atoms with Gasteiger partial charge < -0.3 is 4.57 Å². The average Bonchev–Trinajstić information content (AvgIpc) is 3.05. The Balaban J connectivity index is 2.04. The molecule has 1 unspecified atom stereocenters. The lowest BCUT2D eigenvalue weighted by molar-refractivity contribution is 0.619. The van der Waals surface area contributed by atoms with Gasteiger partial charge in [0.2, 0.25) is 0 Å². The van der Waals surface area contributed by atoms with Crippen LogP contribution in [0.3, 0.4) is 0 Å². The monoisotopic (exact) mass is 386 g/mol.